The molecule has 2 unspecified atom stereocenters. The third kappa shape index (κ3) is 3.18. The number of nitrogens with zero attached hydrogens (tertiary/aromatic N) is 2. The van der Waals surface area contributed by atoms with E-state index in [1.54, 1.807) is 0 Å². The normalized spacial score (nSPS) is 26.7. The molecule has 2 N–H and O–H groups in total. The first-order valence-corrected chi connectivity index (χ1v) is 7.78. The largest absolute Gasteiger partial charge is 0.391 e. The predicted octanol–water partition coefficient (Wildman–Crippen LogP) is 2.04. The van der Waals surface area contributed by atoms with E-state index in [0.29, 0.717) is 12.5 Å². The summed E-state index contributed by atoms with van der Waals surface area (Å²) in [7, 11) is 0. The Balaban J connectivity index is 1.56. The zero-order chi connectivity index (χ0) is 13.1. The number of piperidine rings is 1. The third-order valence-electron chi connectivity index (χ3n) is 4.59. The van der Waals surface area contributed by atoms with E-state index in [0.717, 1.165) is 18.7 Å². The van der Waals surface area contributed by atoms with Gasteiger partial charge in [-0.25, -0.2) is 0 Å². The standard InChI is InChI=1S/C15H25N3O/c19-15(14-7-3-4-9-16-14)11-12-8-10-18(17-12)13-5-1-2-6-13/h8,10,13-16,19H,1-7,9,11H2. The van der Waals surface area contributed by atoms with E-state index in [-0.39, 0.29) is 12.1 Å². The summed E-state index contributed by atoms with van der Waals surface area (Å²) in [5, 5.41) is 18.4. The molecule has 0 aromatic carbocycles. The maximum atomic E-state index is 10.3. The quantitative estimate of drug-likeness (QED) is 0.874. The van der Waals surface area contributed by atoms with Gasteiger partial charge in [0.2, 0.25) is 0 Å². The molecular weight excluding hydrogens is 238 g/mol. The molecular formula is C15H25N3O. The summed E-state index contributed by atoms with van der Waals surface area (Å²) in [6, 6.07) is 2.92. The Labute approximate surface area is 115 Å². The SMILES string of the molecule is OC(Cc1ccn(C2CCCC2)n1)C1CCCCN1. The van der Waals surface area contributed by atoms with Crippen molar-refractivity contribution < 1.29 is 5.11 Å². The molecule has 0 bridgehead atoms. The van der Waals surface area contributed by atoms with Gasteiger partial charge in [-0.1, -0.05) is 19.3 Å². The fraction of sp³-hybridized carbons (Fsp3) is 0.800. The molecule has 1 saturated heterocycles. The van der Waals surface area contributed by atoms with Crippen molar-refractivity contribution in [3.05, 3.63) is 18.0 Å². The van der Waals surface area contributed by atoms with Crippen molar-refractivity contribution in [3.63, 3.8) is 0 Å². The second-order valence-corrected chi connectivity index (χ2v) is 6.05. The Kier molecular flexibility index (Phi) is 4.18. The molecule has 1 aliphatic heterocycles. The van der Waals surface area contributed by atoms with Gasteiger partial charge in [-0.2, -0.15) is 5.10 Å². The second kappa shape index (κ2) is 6.06. The summed E-state index contributed by atoms with van der Waals surface area (Å²) < 4.78 is 2.11. The molecule has 3 rings (SSSR count). The fourth-order valence-electron chi connectivity index (χ4n) is 3.42. The molecule has 1 aromatic heterocycles. The minimum atomic E-state index is -0.299. The van der Waals surface area contributed by atoms with E-state index in [9.17, 15) is 5.11 Å². The first-order chi connectivity index (χ1) is 9.33. The molecule has 1 saturated carbocycles. The minimum Gasteiger partial charge on any atom is -0.391 e. The highest BCUT2D eigenvalue weighted by Crippen LogP contribution is 2.28. The monoisotopic (exact) mass is 263 g/mol. The maximum absolute atomic E-state index is 10.3. The summed E-state index contributed by atoms with van der Waals surface area (Å²) in [4.78, 5) is 0. The van der Waals surface area contributed by atoms with Crippen LogP contribution in [0.5, 0.6) is 0 Å². The zero-order valence-electron chi connectivity index (χ0n) is 11.6. The van der Waals surface area contributed by atoms with Gasteiger partial charge in [0.05, 0.1) is 17.8 Å². The Morgan fingerprint density at radius 2 is 2.05 bits per heavy atom. The molecule has 0 spiro atoms. The second-order valence-electron chi connectivity index (χ2n) is 6.05. The number of hydrogen-bond donors (Lipinski definition) is 2. The molecule has 4 nitrogen and oxygen atoms in total. The highest BCUT2D eigenvalue weighted by Gasteiger charge is 2.23. The van der Waals surface area contributed by atoms with Crippen LogP contribution in [0.4, 0.5) is 0 Å². The summed E-state index contributed by atoms with van der Waals surface area (Å²) in [6.07, 6.45) is 11.2. The van der Waals surface area contributed by atoms with E-state index >= 15 is 0 Å². The van der Waals surface area contributed by atoms with Crippen molar-refractivity contribution in [2.45, 2.75) is 69.6 Å². The van der Waals surface area contributed by atoms with Gasteiger partial charge in [-0.15, -0.1) is 0 Å². The summed E-state index contributed by atoms with van der Waals surface area (Å²) >= 11 is 0. The van der Waals surface area contributed by atoms with Crippen LogP contribution in [-0.4, -0.2) is 33.6 Å². The lowest BCUT2D eigenvalue weighted by atomic mass is 9.97. The highest BCUT2D eigenvalue weighted by atomic mass is 16.3. The van der Waals surface area contributed by atoms with Gasteiger partial charge in [0.1, 0.15) is 0 Å². The van der Waals surface area contributed by atoms with E-state index < -0.39 is 0 Å². The zero-order valence-corrected chi connectivity index (χ0v) is 11.6. The van der Waals surface area contributed by atoms with Crippen molar-refractivity contribution in [1.29, 1.82) is 0 Å². The number of nitrogens with one attached hydrogen (secondary N) is 1. The molecule has 106 valence electrons. The van der Waals surface area contributed by atoms with Crippen LogP contribution in [0.1, 0.15) is 56.7 Å². The molecule has 2 heterocycles. The highest BCUT2D eigenvalue weighted by molar-refractivity contribution is 5.03. The fourth-order valence-corrected chi connectivity index (χ4v) is 3.42. The lowest BCUT2D eigenvalue weighted by Gasteiger charge is -2.27. The number of aliphatic hydroxyl groups excluding tert-OH is 1. The van der Waals surface area contributed by atoms with Gasteiger partial charge >= 0.3 is 0 Å². The van der Waals surface area contributed by atoms with E-state index in [2.05, 4.69) is 27.4 Å². The average molecular weight is 263 g/mol. The van der Waals surface area contributed by atoms with E-state index in [4.69, 9.17) is 0 Å². The van der Waals surface area contributed by atoms with Crippen LogP contribution < -0.4 is 5.32 Å². The number of aliphatic hydroxyl groups is 1. The van der Waals surface area contributed by atoms with Gasteiger partial charge in [0.15, 0.2) is 0 Å². The van der Waals surface area contributed by atoms with Crippen molar-refractivity contribution in [3.8, 4) is 0 Å². The van der Waals surface area contributed by atoms with Crippen LogP contribution in [0, 0.1) is 0 Å². The number of aromatic nitrogens is 2. The first kappa shape index (κ1) is 13.1. The van der Waals surface area contributed by atoms with Gasteiger partial charge < -0.3 is 10.4 Å². The molecule has 2 atom stereocenters. The van der Waals surface area contributed by atoms with Crippen LogP contribution >= 0.6 is 0 Å². The molecule has 0 amide bonds. The van der Waals surface area contributed by atoms with E-state index in [1.807, 2.05) is 0 Å². The first-order valence-electron chi connectivity index (χ1n) is 7.78. The van der Waals surface area contributed by atoms with Crippen LogP contribution in [0.3, 0.4) is 0 Å². The van der Waals surface area contributed by atoms with Gasteiger partial charge in [0.25, 0.3) is 0 Å². The topological polar surface area (TPSA) is 50.1 Å². The Bertz CT molecular complexity index is 392. The lowest BCUT2D eigenvalue weighted by Crippen LogP contribution is -2.44. The number of hydrogen-bond acceptors (Lipinski definition) is 3. The summed E-state index contributed by atoms with van der Waals surface area (Å²) in [6.45, 7) is 1.04. The minimum absolute atomic E-state index is 0.255. The Hall–Kier alpha value is -0.870. The average Bonchev–Trinajstić information content (AvgIpc) is 3.10. The van der Waals surface area contributed by atoms with Crippen molar-refractivity contribution in [1.82, 2.24) is 15.1 Å². The van der Waals surface area contributed by atoms with Crippen molar-refractivity contribution in [2.75, 3.05) is 6.54 Å². The summed E-state index contributed by atoms with van der Waals surface area (Å²) in [5.41, 5.74) is 1.03. The molecule has 2 fully saturated rings. The molecule has 0 radical (unpaired) electrons. The van der Waals surface area contributed by atoms with E-state index in [1.165, 1.54) is 38.5 Å². The van der Waals surface area contributed by atoms with Gasteiger partial charge in [-0.3, -0.25) is 4.68 Å². The van der Waals surface area contributed by atoms with Gasteiger partial charge in [0, 0.05) is 18.7 Å². The van der Waals surface area contributed by atoms with Crippen LogP contribution in [0.25, 0.3) is 0 Å². The molecule has 2 aliphatic rings. The Morgan fingerprint density at radius 3 is 2.79 bits per heavy atom. The van der Waals surface area contributed by atoms with Crippen LogP contribution in [-0.2, 0) is 6.42 Å². The predicted molar refractivity (Wildman–Crippen MR) is 75.1 cm³/mol. The number of rotatable bonds is 4. The smallest absolute Gasteiger partial charge is 0.0749 e. The van der Waals surface area contributed by atoms with Gasteiger partial charge in [-0.05, 0) is 38.3 Å². The lowest BCUT2D eigenvalue weighted by molar-refractivity contribution is 0.112. The maximum Gasteiger partial charge on any atom is 0.0749 e. The summed E-state index contributed by atoms with van der Waals surface area (Å²) in [5.74, 6) is 0. The van der Waals surface area contributed by atoms with Crippen LogP contribution in [0.2, 0.25) is 0 Å². The van der Waals surface area contributed by atoms with Crippen molar-refractivity contribution >= 4 is 0 Å². The third-order valence-corrected chi connectivity index (χ3v) is 4.59. The molecule has 1 aromatic rings. The van der Waals surface area contributed by atoms with Crippen molar-refractivity contribution in [2.24, 2.45) is 0 Å². The molecule has 19 heavy (non-hydrogen) atoms. The molecule has 1 aliphatic carbocycles. The van der Waals surface area contributed by atoms with Crippen LogP contribution in [0.15, 0.2) is 12.3 Å². The molecule has 4 heteroatoms. The Morgan fingerprint density at radius 1 is 1.26 bits per heavy atom.